The average molecular weight is 218 g/mol. The first-order valence-electron chi connectivity index (χ1n) is 6.22. The van der Waals surface area contributed by atoms with Gasteiger partial charge in [0.2, 0.25) is 0 Å². The molecule has 1 N–H and O–H groups in total. The van der Waals surface area contributed by atoms with E-state index in [9.17, 15) is 0 Å². The SMILES string of the molecule is c1cnnc(NC2CCCN3CCCC23)c1. The zero-order valence-corrected chi connectivity index (χ0v) is 9.47. The van der Waals surface area contributed by atoms with Crippen molar-refractivity contribution in [2.45, 2.75) is 37.8 Å². The molecular formula is C12H18N4. The highest BCUT2D eigenvalue weighted by molar-refractivity contribution is 5.34. The van der Waals surface area contributed by atoms with Crippen LogP contribution in [-0.2, 0) is 0 Å². The zero-order chi connectivity index (χ0) is 10.8. The predicted molar refractivity (Wildman–Crippen MR) is 63.3 cm³/mol. The van der Waals surface area contributed by atoms with Crippen LogP contribution in [0.15, 0.2) is 18.3 Å². The van der Waals surface area contributed by atoms with Gasteiger partial charge in [-0.1, -0.05) is 0 Å². The van der Waals surface area contributed by atoms with Gasteiger partial charge in [-0.3, -0.25) is 4.90 Å². The Bertz CT molecular complexity index is 340. The molecule has 3 rings (SSSR count). The van der Waals surface area contributed by atoms with E-state index in [-0.39, 0.29) is 0 Å². The molecule has 86 valence electrons. The number of nitrogens with one attached hydrogen (secondary N) is 1. The number of rotatable bonds is 2. The number of nitrogens with zero attached hydrogens (tertiary/aromatic N) is 3. The highest BCUT2D eigenvalue weighted by Gasteiger charge is 2.34. The van der Waals surface area contributed by atoms with Crippen LogP contribution in [0, 0.1) is 0 Å². The summed E-state index contributed by atoms with van der Waals surface area (Å²) in [5.41, 5.74) is 0. The lowest BCUT2D eigenvalue weighted by molar-refractivity contribution is 0.183. The molecule has 3 heterocycles. The van der Waals surface area contributed by atoms with Gasteiger partial charge >= 0.3 is 0 Å². The first-order valence-corrected chi connectivity index (χ1v) is 6.22. The Morgan fingerprint density at radius 1 is 1.25 bits per heavy atom. The summed E-state index contributed by atoms with van der Waals surface area (Å²) in [6.07, 6.45) is 6.96. The van der Waals surface area contributed by atoms with Gasteiger partial charge in [0, 0.05) is 18.3 Å². The van der Waals surface area contributed by atoms with Gasteiger partial charge in [0.25, 0.3) is 0 Å². The fraction of sp³-hybridized carbons (Fsp3) is 0.667. The Balaban J connectivity index is 1.70. The summed E-state index contributed by atoms with van der Waals surface area (Å²) < 4.78 is 0. The van der Waals surface area contributed by atoms with Crippen molar-refractivity contribution in [2.75, 3.05) is 18.4 Å². The third-order valence-electron chi connectivity index (χ3n) is 3.74. The van der Waals surface area contributed by atoms with E-state index >= 15 is 0 Å². The van der Waals surface area contributed by atoms with Crippen molar-refractivity contribution in [2.24, 2.45) is 0 Å². The van der Waals surface area contributed by atoms with Crippen molar-refractivity contribution >= 4 is 5.82 Å². The van der Waals surface area contributed by atoms with Crippen molar-refractivity contribution in [1.82, 2.24) is 15.1 Å². The van der Waals surface area contributed by atoms with Crippen molar-refractivity contribution in [1.29, 1.82) is 0 Å². The fourth-order valence-corrected chi connectivity index (χ4v) is 3.03. The minimum absolute atomic E-state index is 0.563. The van der Waals surface area contributed by atoms with Crippen molar-refractivity contribution in [3.05, 3.63) is 18.3 Å². The third kappa shape index (κ3) is 1.89. The van der Waals surface area contributed by atoms with Crippen molar-refractivity contribution in [3.63, 3.8) is 0 Å². The van der Waals surface area contributed by atoms with E-state index in [1.54, 1.807) is 6.20 Å². The molecule has 0 aromatic carbocycles. The van der Waals surface area contributed by atoms with Gasteiger partial charge in [0.15, 0.2) is 0 Å². The van der Waals surface area contributed by atoms with E-state index in [1.165, 1.54) is 38.8 Å². The molecule has 2 fully saturated rings. The topological polar surface area (TPSA) is 41.1 Å². The smallest absolute Gasteiger partial charge is 0.148 e. The Labute approximate surface area is 96.1 Å². The molecule has 1 aromatic rings. The maximum absolute atomic E-state index is 4.11. The number of aromatic nitrogens is 2. The molecule has 0 spiro atoms. The number of hydrogen-bond acceptors (Lipinski definition) is 4. The second kappa shape index (κ2) is 4.37. The molecule has 0 bridgehead atoms. The van der Waals surface area contributed by atoms with Crippen LogP contribution in [0.1, 0.15) is 25.7 Å². The minimum atomic E-state index is 0.563. The molecule has 16 heavy (non-hydrogen) atoms. The first-order chi connectivity index (χ1) is 7.93. The molecule has 0 radical (unpaired) electrons. The normalized spacial score (nSPS) is 30.0. The van der Waals surface area contributed by atoms with Gasteiger partial charge < -0.3 is 5.32 Å². The monoisotopic (exact) mass is 218 g/mol. The average Bonchev–Trinajstić information content (AvgIpc) is 2.80. The summed E-state index contributed by atoms with van der Waals surface area (Å²) in [6, 6.07) is 5.22. The van der Waals surface area contributed by atoms with Crippen LogP contribution in [0.4, 0.5) is 5.82 Å². The molecule has 2 saturated heterocycles. The summed E-state index contributed by atoms with van der Waals surface area (Å²) in [4.78, 5) is 2.62. The summed E-state index contributed by atoms with van der Waals surface area (Å²) in [5.74, 6) is 0.918. The van der Waals surface area contributed by atoms with Gasteiger partial charge in [-0.2, -0.15) is 5.10 Å². The third-order valence-corrected chi connectivity index (χ3v) is 3.74. The Morgan fingerprint density at radius 2 is 2.12 bits per heavy atom. The van der Waals surface area contributed by atoms with E-state index < -0.39 is 0 Å². The van der Waals surface area contributed by atoms with E-state index in [0.717, 1.165) is 11.9 Å². The lowest BCUT2D eigenvalue weighted by Crippen LogP contribution is -2.47. The van der Waals surface area contributed by atoms with Gasteiger partial charge in [0.1, 0.15) is 5.82 Å². The van der Waals surface area contributed by atoms with E-state index in [1.807, 2.05) is 12.1 Å². The molecule has 2 aliphatic rings. The van der Waals surface area contributed by atoms with Gasteiger partial charge in [-0.25, -0.2) is 0 Å². The van der Waals surface area contributed by atoms with E-state index in [2.05, 4.69) is 20.4 Å². The molecule has 0 aliphatic carbocycles. The largest absolute Gasteiger partial charge is 0.364 e. The van der Waals surface area contributed by atoms with Crippen LogP contribution < -0.4 is 5.32 Å². The molecular weight excluding hydrogens is 200 g/mol. The van der Waals surface area contributed by atoms with E-state index in [4.69, 9.17) is 0 Å². The maximum Gasteiger partial charge on any atom is 0.148 e. The highest BCUT2D eigenvalue weighted by Crippen LogP contribution is 2.28. The standard InChI is InChI=1S/C12H18N4/c1-6-12(15-13-7-1)14-10-4-2-8-16-9-3-5-11(10)16/h1,6-7,10-11H,2-5,8-9H2,(H,14,15). The van der Waals surface area contributed by atoms with Crippen LogP contribution in [0.2, 0.25) is 0 Å². The fourth-order valence-electron chi connectivity index (χ4n) is 3.03. The molecule has 4 nitrogen and oxygen atoms in total. The number of hydrogen-bond donors (Lipinski definition) is 1. The van der Waals surface area contributed by atoms with Crippen molar-refractivity contribution < 1.29 is 0 Å². The number of piperidine rings is 1. The van der Waals surface area contributed by atoms with Crippen LogP contribution in [0.3, 0.4) is 0 Å². The van der Waals surface area contributed by atoms with Crippen LogP contribution in [-0.4, -0.2) is 40.3 Å². The van der Waals surface area contributed by atoms with Gasteiger partial charge in [-0.05, 0) is 50.9 Å². The zero-order valence-electron chi connectivity index (χ0n) is 9.47. The summed E-state index contributed by atoms with van der Waals surface area (Å²) in [7, 11) is 0. The van der Waals surface area contributed by atoms with Crippen LogP contribution in [0.5, 0.6) is 0 Å². The lowest BCUT2D eigenvalue weighted by Gasteiger charge is -2.37. The van der Waals surface area contributed by atoms with Gasteiger partial charge in [0.05, 0.1) is 0 Å². The second-order valence-corrected chi connectivity index (χ2v) is 4.75. The summed E-state index contributed by atoms with van der Waals surface area (Å²) in [6.45, 7) is 2.56. The molecule has 0 amide bonds. The molecule has 1 aromatic heterocycles. The van der Waals surface area contributed by atoms with Gasteiger partial charge in [-0.15, -0.1) is 5.10 Å². The highest BCUT2D eigenvalue weighted by atomic mass is 15.2. The predicted octanol–water partition coefficient (Wildman–Crippen LogP) is 1.52. The Morgan fingerprint density at radius 3 is 2.94 bits per heavy atom. The quantitative estimate of drug-likeness (QED) is 0.817. The van der Waals surface area contributed by atoms with Crippen LogP contribution in [0.25, 0.3) is 0 Å². The molecule has 0 saturated carbocycles. The van der Waals surface area contributed by atoms with E-state index in [0.29, 0.717) is 6.04 Å². The Kier molecular flexibility index (Phi) is 2.74. The first kappa shape index (κ1) is 10.0. The van der Waals surface area contributed by atoms with Crippen molar-refractivity contribution in [3.8, 4) is 0 Å². The molecule has 2 unspecified atom stereocenters. The minimum Gasteiger partial charge on any atom is -0.364 e. The maximum atomic E-state index is 4.11. The summed E-state index contributed by atoms with van der Waals surface area (Å²) >= 11 is 0. The van der Waals surface area contributed by atoms with Crippen LogP contribution >= 0.6 is 0 Å². The summed E-state index contributed by atoms with van der Waals surface area (Å²) in [5, 5.41) is 11.6. The molecule has 2 atom stereocenters. The lowest BCUT2D eigenvalue weighted by atomic mass is 9.96. The second-order valence-electron chi connectivity index (χ2n) is 4.75. The molecule has 2 aliphatic heterocycles. The number of anilines is 1. The Hall–Kier alpha value is -1.16. The number of fused-ring (bicyclic) bond motifs is 1. The molecule has 4 heteroatoms.